The Hall–Kier alpha value is -0.610. The van der Waals surface area contributed by atoms with E-state index in [2.05, 4.69) is 26.2 Å². The topological polar surface area (TPSA) is 75.4 Å². The number of carbonyl (C=O) groups is 1. The molecule has 160 valence electrons. The predicted molar refractivity (Wildman–Crippen MR) is 112 cm³/mol. The van der Waals surface area contributed by atoms with E-state index in [0.29, 0.717) is 23.2 Å². The van der Waals surface area contributed by atoms with Gasteiger partial charge in [-0.2, -0.15) is 0 Å². The Bertz CT molecular complexity index is 595. The highest BCUT2D eigenvalue weighted by Gasteiger charge is 2.60. The molecule has 0 saturated heterocycles. The van der Waals surface area contributed by atoms with Crippen LogP contribution in [0.3, 0.4) is 0 Å². The molecule has 28 heavy (non-hydrogen) atoms. The standard InChI is InChI=1S/C24H42N2O2/c1-15(4-9-22(28)26-25)19-7-8-20-18-6-5-16-14-17(27)10-12-23(16,2)21(18)11-13-24(19,20)3/h15-21,27H,4-14,25H2,1-3H3,(H,26,28)/t15-,16+,17-,18+,19-,20+,21+,23+,24-/m1/s1. The number of aliphatic hydroxyl groups is 1. The van der Waals surface area contributed by atoms with Gasteiger partial charge in [0.1, 0.15) is 0 Å². The van der Waals surface area contributed by atoms with Crippen LogP contribution in [-0.2, 0) is 4.79 Å². The summed E-state index contributed by atoms with van der Waals surface area (Å²) in [6.45, 7) is 7.53. The fourth-order valence-corrected chi connectivity index (χ4v) is 8.84. The second-order valence-corrected chi connectivity index (χ2v) is 11.4. The lowest BCUT2D eigenvalue weighted by atomic mass is 9.44. The number of nitrogens with two attached hydrogens (primary N) is 1. The Kier molecular flexibility index (Phi) is 5.59. The summed E-state index contributed by atoms with van der Waals surface area (Å²) < 4.78 is 0. The van der Waals surface area contributed by atoms with Crippen LogP contribution in [0.5, 0.6) is 0 Å². The monoisotopic (exact) mass is 390 g/mol. The van der Waals surface area contributed by atoms with Gasteiger partial charge in [0.25, 0.3) is 0 Å². The summed E-state index contributed by atoms with van der Waals surface area (Å²) in [4.78, 5) is 11.6. The lowest BCUT2D eigenvalue weighted by Crippen LogP contribution is -2.54. The summed E-state index contributed by atoms with van der Waals surface area (Å²) in [7, 11) is 0. The molecule has 4 aliphatic rings. The van der Waals surface area contributed by atoms with E-state index in [1.54, 1.807) is 0 Å². The van der Waals surface area contributed by atoms with E-state index in [1.807, 2.05) is 0 Å². The van der Waals surface area contributed by atoms with E-state index in [9.17, 15) is 9.90 Å². The van der Waals surface area contributed by atoms with Crippen LogP contribution in [0.2, 0.25) is 0 Å². The van der Waals surface area contributed by atoms with Crippen molar-refractivity contribution in [1.82, 2.24) is 5.43 Å². The first-order valence-electron chi connectivity index (χ1n) is 12.0. The molecule has 0 aromatic carbocycles. The van der Waals surface area contributed by atoms with Gasteiger partial charge in [0.05, 0.1) is 6.10 Å². The zero-order valence-electron chi connectivity index (χ0n) is 18.3. The van der Waals surface area contributed by atoms with Crippen LogP contribution < -0.4 is 11.3 Å². The van der Waals surface area contributed by atoms with Gasteiger partial charge in [-0.25, -0.2) is 5.84 Å². The van der Waals surface area contributed by atoms with Crippen LogP contribution in [0.15, 0.2) is 0 Å². The smallest absolute Gasteiger partial charge is 0.233 e. The molecular weight excluding hydrogens is 348 g/mol. The van der Waals surface area contributed by atoms with Crippen molar-refractivity contribution in [2.75, 3.05) is 0 Å². The molecule has 9 atom stereocenters. The van der Waals surface area contributed by atoms with Crippen molar-refractivity contribution >= 4 is 5.91 Å². The highest BCUT2D eigenvalue weighted by atomic mass is 16.3. The molecule has 4 N–H and O–H groups in total. The number of hydrogen-bond donors (Lipinski definition) is 3. The van der Waals surface area contributed by atoms with Gasteiger partial charge >= 0.3 is 0 Å². The molecule has 1 amide bonds. The Morgan fingerprint density at radius 3 is 2.54 bits per heavy atom. The average molecular weight is 391 g/mol. The fourth-order valence-electron chi connectivity index (χ4n) is 8.84. The van der Waals surface area contributed by atoms with E-state index in [4.69, 9.17) is 5.84 Å². The quantitative estimate of drug-likeness (QED) is 0.378. The molecule has 4 nitrogen and oxygen atoms in total. The summed E-state index contributed by atoms with van der Waals surface area (Å²) >= 11 is 0. The zero-order chi connectivity index (χ0) is 20.1. The molecule has 0 unspecified atom stereocenters. The van der Waals surface area contributed by atoms with Gasteiger partial charge in [0.2, 0.25) is 5.91 Å². The van der Waals surface area contributed by atoms with E-state index in [-0.39, 0.29) is 12.0 Å². The minimum Gasteiger partial charge on any atom is -0.393 e. The van der Waals surface area contributed by atoms with Crippen molar-refractivity contribution in [3.05, 3.63) is 0 Å². The van der Waals surface area contributed by atoms with Crippen molar-refractivity contribution in [2.24, 2.45) is 52.2 Å². The number of hydrogen-bond acceptors (Lipinski definition) is 3. The molecule has 4 fully saturated rings. The van der Waals surface area contributed by atoms with E-state index in [0.717, 1.165) is 48.9 Å². The van der Waals surface area contributed by atoms with Crippen molar-refractivity contribution in [3.8, 4) is 0 Å². The number of aliphatic hydroxyl groups excluding tert-OH is 1. The van der Waals surface area contributed by atoms with E-state index < -0.39 is 0 Å². The largest absolute Gasteiger partial charge is 0.393 e. The van der Waals surface area contributed by atoms with Gasteiger partial charge in [0, 0.05) is 6.42 Å². The van der Waals surface area contributed by atoms with Crippen molar-refractivity contribution < 1.29 is 9.90 Å². The molecule has 0 heterocycles. The van der Waals surface area contributed by atoms with Gasteiger partial charge in [-0.3, -0.25) is 10.2 Å². The second-order valence-electron chi connectivity index (χ2n) is 11.4. The Labute approximate surface area is 171 Å². The number of carbonyl (C=O) groups excluding carboxylic acids is 1. The lowest BCUT2D eigenvalue weighted by molar-refractivity contribution is -0.129. The molecule has 0 aliphatic heterocycles. The average Bonchev–Trinajstić information content (AvgIpc) is 3.03. The first-order valence-corrected chi connectivity index (χ1v) is 12.0. The third-order valence-corrected chi connectivity index (χ3v) is 10.4. The summed E-state index contributed by atoms with van der Waals surface area (Å²) in [5.41, 5.74) is 3.21. The third kappa shape index (κ3) is 3.23. The molecule has 4 saturated carbocycles. The molecule has 0 aromatic heterocycles. The van der Waals surface area contributed by atoms with Crippen molar-refractivity contribution in [3.63, 3.8) is 0 Å². The van der Waals surface area contributed by atoms with Crippen LogP contribution in [0, 0.1) is 46.3 Å². The predicted octanol–water partition coefficient (Wildman–Crippen LogP) is 4.41. The molecule has 0 spiro atoms. The fraction of sp³-hybridized carbons (Fsp3) is 0.958. The van der Waals surface area contributed by atoms with Crippen LogP contribution in [0.1, 0.15) is 91.4 Å². The SMILES string of the molecule is C[C@H](CCC(=O)NN)[C@H]1CC[C@H]2[C@@H]3CC[C@H]4C[C@H](O)CC[C@]4(C)[C@H]3CC[C@]12C. The number of hydrazine groups is 1. The molecule has 4 aliphatic carbocycles. The minimum absolute atomic E-state index is 0.0269. The summed E-state index contributed by atoms with van der Waals surface area (Å²) in [5.74, 6) is 9.97. The number of nitrogens with one attached hydrogen (secondary N) is 1. The molecule has 0 bridgehead atoms. The first-order chi connectivity index (χ1) is 13.3. The van der Waals surface area contributed by atoms with E-state index in [1.165, 1.54) is 44.9 Å². The molecular formula is C24H42N2O2. The van der Waals surface area contributed by atoms with E-state index >= 15 is 0 Å². The van der Waals surface area contributed by atoms with Gasteiger partial charge in [-0.05, 0) is 111 Å². The van der Waals surface area contributed by atoms with Gasteiger partial charge < -0.3 is 5.11 Å². The molecule has 0 aromatic rings. The first kappa shape index (κ1) is 20.7. The van der Waals surface area contributed by atoms with Gasteiger partial charge in [0.15, 0.2) is 0 Å². The third-order valence-electron chi connectivity index (χ3n) is 10.4. The molecule has 4 heteroatoms. The summed E-state index contributed by atoms with van der Waals surface area (Å²) in [6, 6.07) is 0. The summed E-state index contributed by atoms with van der Waals surface area (Å²) in [6.07, 6.45) is 13.0. The van der Waals surface area contributed by atoms with Crippen LogP contribution >= 0.6 is 0 Å². The maximum Gasteiger partial charge on any atom is 0.233 e. The minimum atomic E-state index is -0.0501. The van der Waals surface area contributed by atoms with Crippen molar-refractivity contribution in [2.45, 2.75) is 97.5 Å². The van der Waals surface area contributed by atoms with Crippen molar-refractivity contribution in [1.29, 1.82) is 0 Å². The Morgan fingerprint density at radius 2 is 1.79 bits per heavy atom. The summed E-state index contributed by atoms with van der Waals surface area (Å²) in [5, 5.41) is 10.2. The molecule has 0 radical (unpaired) electrons. The highest BCUT2D eigenvalue weighted by molar-refractivity contribution is 5.75. The molecule has 4 rings (SSSR count). The second kappa shape index (κ2) is 7.58. The Morgan fingerprint density at radius 1 is 1.07 bits per heavy atom. The van der Waals surface area contributed by atoms with Crippen LogP contribution in [0.25, 0.3) is 0 Å². The highest BCUT2D eigenvalue weighted by Crippen LogP contribution is 2.68. The maximum absolute atomic E-state index is 11.6. The number of fused-ring (bicyclic) bond motifs is 5. The number of amides is 1. The zero-order valence-corrected chi connectivity index (χ0v) is 18.3. The number of rotatable bonds is 4. The lowest BCUT2D eigenvalue weighted by Gasteiger charge is -2.61. The van der Waals surface area contributed by atoms with Crippen LogP contribution in [-0.4, -0.2) is 17.1 Å². The normalized spacial score (nSPS) is 48.9. The van der Waals surface area contributed by atoms with Gasteiger partial charge in [-0.15, -0.1) is 0 Å². The van der Waals surface area contributed by atoms with Crippen LogP contribution in [0.4, 0.5) is 0 Å². The Balaban J connectivity index is 1.48. The maximum atomic E-state index is 11.6. The van der Waals surface area contributed by atoms with Gasteiger partial charge in [-0.1, -0.05) is 20.8 Å².